The van der Waals surface area contributed by atoms with Crippen LogP contribution in [0.5, 0.6) is 0 Å². The number of nitrogens with two attached hydrogens (primary N) is 1. The van der Waals surface area contributed by atoms with Crippen LogP contribution in [-0.4, -0.2) is 31.1 Å². The third kappa shape index (κ3) is 6.49. The molecule has 3 nitrogen and oxygen atoms in total. The van der Waals surface area contributed by atoms with Crippen molar-refractivity contribution in [2.45, 2.75) is 25.3 Å². The van der Waals surface area contributed by atoms with Crippen LogP contribution in [0.25, 0.3) is 0 Å². The molecule has 0 rings (SSSR count). The van der Waals surface area contributed by atoms with Crippen LogP contribution < -0.4 is 5.73 Å². The van der Waals surface area contributed by atoms with Crippen LogP contribution in [0.3, 0.4) is 0 Å². The van der Waals surface area contributed by atoms with Crippen molar-refractivity contribution in [3.63, 3.8) is 0 Å². The summed E-state index contributed by atoms with van der Waals surface area (Å²) in [7, 11) is 1.40. The van der Waals surface area contributed by atoms with Crippen molar-refractivity contribution in [3.05, 3.63) is 0 Å². The SMILES string of the molecule is COC(=O)CCC(N)CCSC. The zero-order valence-electron chi connectivity index (χ0n) is 7.71. The predicted molar refractivity (Wildman–Crippen MR) is 52.2 cm³/mol. The molecule has 0 aliphatic rings. The van der Waals surface area contributed by atoms with E-state index in [0.29, 0.717) is 6.42 Å². The molecule has 0 aliphatic heterocycles. The van der Waals surface area contributed by atoms with Gasteiger partial charge in [-0.25, -0.2) is 0 Å². The van der Waals surface area contributed by atoms with Crippen molar-refractivity contribution in [2.75, 3.05) is 19.1 Å². The lowest BCUT2D eigenvalue weighted by Gasteiger charge is -2.08. The van der Waals surface area contributed by atoms with Gasteiger partial charge in [0.25, 0.3) is 0 Å². The van der Waals surface area contributed by atoms with E-state index in [1.54, 1.807) is 11.8 Å². The summed E-state index contributed by atoms with van der Waals surface area (Å²) in [5.74, 6) is 0.886. The molecular formula is C8H17NO2S. The smallest absolute Gasteiger partial charge is 0.305 e. The number of hydrogen-bond donors (Lipinski definition) is 1. The number of methoxy groups -OCH3 is 1. The Morgan fingerprint density at radius 3 is 2.75 bits per heavy atom. The van der Waals surface area contributed by atoms with E-state index < -0.39 is 0 Å². The van der Waals surface area contributed by atoms with Gasteiger partial charge in [0.2, 0.25) is 0 Å². The standard InChI is InChI=1S/C8H17NO2S/c1-11-8(10)4-3-7(9)5-6-12-2/h7H,3-6,9H2,1-2H3. The number of carbonyl (C=O) groups is 1. The highest BCUT2D eigenvalue weighted by Crippen LogP contribution is 2.04. The summed E-state index contributed by atoms with van der Waals surface area (Å²) in [5.41, 5.74) is 5.74. The Kier molecular flexibility index (Phi) is 7.29. The summed E-state index contributed by atoms with van der Waals surface area (Å²) >= 11 is 1.77. The van der Waals surface area contributed by atoms with Gasteiger partial charge in [-0.3, -0.25) is 4.79 Å². The molecule has 4 heteroatoms. The number of ether oxygens (including phenoxy) is 1. The van der Waals surface area contributed by atoms with Crippen LogP contribution in [0.4, 0.5) is 0 Å². The zero-order chi connectivity index (χ0) is 9.40. The van der Waals surface area contributed by atoms with Gasteiger partial charge < -0.3 is 10.5 Å². The van der Waals surface area contributed by atoms with Crippen molar-refractivity contribution in [1.29, 1.82) is 0 Å². The molecule has 0 fully saturated rings. The number of rotatable bonds is 6. The van der Waals surface area contributed by atoms with Crippen LogP contribution in [-0.2, 0) is 9.53 Å². The fourth-order valence-corrected chi connectivity index (χ4v) is 1.36. The van der Waals surface area contributed by atoms with Crippen LogP contribution in [0.1, 0.15) is 19.3 Å². The van der Waals surface area contributed by atoms with Crippen LogP contribution in [0.15, 0.2) is 0 Å². The normalized spacial score (nSPS) is 12.6. The Labute approximate surface area is 78.0 Å². The van der Waals surface area contributed by atoms with Crippen molar-refractivity contribution >= 4 is 17.7 Å². The van der Waals surface area contributed by atoms with E-state index in [1.165, 1.54) is 7.11 Å². The van der Waals surface area contributed by atoms with Gasteiger partial charge in [-0.15, -0.1) is 0 Å². The Hall–Kier alpha value is -0.220. The minimum absolute atomic E-state index is 0.136. The minimum Gasteiger partial charge on any atom is -0.469 e. The van der Waals surface area contributed by atoms with Crippen LogP contribution >= 0.6 is 11.8 Å². The largest absolute Gasteiger partial charge is 0.469 e. The quantitative estimate of drug-likeness (QED) is 0.637. The van der Waals surface area contributed by atoms with E-state index >= 15 is 0 Å². The second-order valence-corrected chi connectivity index (χ2v) is 3.64. The summed E-state index contributed by atoms with van der Waals surface area (Å²) in [6, 6.07) is 0.136. The molecule has 1 unspecified atom stereocenters. The highest BCUT2D eigenvalue weighted by molar-refractivity contribution is 7.98. The van der Waals surface area contributed by atoms with E-state index in [-0.39, 0.29) is 12.0 Å². The first-order valence-electron chi connectivity index (χ1n) is 4.02. The van der Waals surface area contributed by atoms with E-state index in [2.05, 4.69) is 4.74 Å². The Morgan fingerprint density at radius 2 is 2.25 bits per heavy atom. The first-order valence-corrected chi connectivity index (χ1v) is 5.41. The molecule has 0 bridgehead atoms. The fraction of sp³-hybridized carbons (Fsp3) is 0.875. The number of thioether (sulfide) groups is 1. The molecule has 1 atom stereocenters. The van der Waals surface area contributed by atoms with E-state index in [0.717, 1.165) is 18.6 Å². The Balaban J connectivity index is 3.30. The molecule has 12 heavy (non-hydrogen) atoms. The monoisotopic (exact) mass is 191 g/mol. The third-order valence-electron chi connectivity index (χ3n) is 1.64. The zero-order valence-corrected chi connectivity index (χ0v) is 8.52. The lowest BCUT2D eigenvalue weighted by molar-refractivity contribution is -0.140. The molecule has 0 radical (unpaired) electrons. The predicted octanol–water partition coefficient (Wildman–Crippen LogP) is 1.02. The van der Waals surface area contributed by atoms with Gasteiger partial charge in [-0.2, -0.15) is 11.8 Å². The highest BCUT2D eigenvalue weighted by Gasteiger charge is 2.05. The summed E-state index contributed by atoms with van der Waals surface area (Å²) in [6.07, 6.45) is 4.18. The molecule has 0 saturated heterocycles. The average molecular weight is 191 g/mol. The molecule has 0 amide bonds. The summed E-state index contributed by atoms with van der Waals surface area (Å²) in [5, 5.41) is 0. The molecule has 0 spiro atoms. The van der Waals surface area contributed by atoms with Gasteiger partial charge in [0.05, 0.1) is 7.11 Å². The highest BCUT2D eigenvalue weighted by atomic mass is 32.2. The van der Waals surface area contributed by atoms with Crippen LogP contribution in [0.2, 0.25) is 0 Å². The van der Waals surface area contributed by atoms with Crippen molar-refractivity contribution in [1.82, 2.24) is 0 Å². The van der Waals surface area contributed by atoms with Gasteiger partial charge in [0, 0.05) is 12.5 Å². The lowest BCUT2D eigenvalue weighted by Crippen LogP contribution is -2.22. The second kappa shape index (κ2) is 7.43. The lowest BCUT2D eigenvalue weighted by atomic mass is 10.1. The fourth-order valence-electron chi connectivity index (χ4n) is 0.819. The van der Waals surface area contributed by atoms with Gasteiger partial charge in [0.1, 0.15) is 0 Å². The Morgan fingerprint density at radius 1 is 1.58 bits per heavy atom. The molecule has 0 aromatic carbocycles. The molecule has 0 aliphatic carbocycles. The molecule has 0 saturated carbocycles. The van der Waals surface area contributed by atoms with E-state index in [9.17, 15) is 4.79 Å². The molecule has 2 N–H and O–H groups in total. The molecular weight excluding hydrogens is 174 g/mol. The minimum atomic E-state index is -0.172. The summed E-state index contributed by atoms with van der Waals surface area (Å²) in [6.45, 7) is 0. The van der Waals surface area contributed by atoms with Gasteiger partial charge in [0.15, 0.2) is 0 Å². The van der Waals surface area contributed by atoms with Crippen molar-refractivity contribution in [2.24, 2.45) is 5.73 Å². The molecule has 0 aromatic rings. The maximum atomic E-state index is 10.7. The molecule has 0 aromatic heterocycles. The van der Waals surface area contributed by atoms with Gasteiger partial charge in [-0.05, 0) is 24.9 Å². The van der Waals surface area contributed by atoms with E-state index in [1.807, 2.05) is 6.26 Å². The van der Waals surface area contributed by atoms with Gasteiger partial charge >= 0.3 is 5.97 Å². The summed E-state index contributed by atoms with van der Waals surface area (Å²) < 4.78 is 4.51. The third-order valence-corrected chi connectivity index (χ3v) is 2.28. The first kappa shape index (κ1) is 11.8. The average Bonchev–Trinajstić information content (AvgIpc) is 2.10. The maximum Gasteiger partial charge on any atom is 0.305 e. The first-order chi connectivity index (χ1) is 5.70. The topological polar surface area (TPSA) is 52.3 Å². The maximum absolute atomic E-state index is 10.7. The number of hydrogen-bond acceptors (Lipinski definition) is 4. The van der Waals surface area contributed by atoms with Crippen molar-refractivity contribution in [3.8, 4) is 0 Å². The number of carbonyl (C=O) groups excluding carboxylic acids is 1. The molecule has 72 valence electrons. The summed E-state index contributed by atoms with van der Waals surface area (Å²) in [4.78, 5) is 10.7. The van der Waals surface area contributed by atoms with Crippen LogP contribution in [0, 0.1) is 0 Å². The number of esters is 1. The molecule has 0 heterocycles. The van der Waals surface area contributed by atoms with Gasteiger partial charge in [-0.1, -0.05) is 0 Å². The Bertz CT molecular complexity index is 130. The van der Waals surface area contributed by atoms with Crippen molar-refractivity contribution < 1.29 is 9.53 Å². The van der Waals surface area contributed by atoms with E-state index in [4.69, 9.17) is 5.73 Å². The second-order valence-electron chi connectivity index (χ2n) is 2.66.